The topological polar surface area (TPSA) is 42.0 Å². The van der Waals surface area contributed by atoms with Gasteiger partial charge < -0.3 is 0 Å². The van der Waals surface area contributed by atoms with E-state index in [1.54, 1.807) is 18.2 Å². The number of nitrogens with zero attached hydrogens (tertiary/aromatic N) is 1. The number of aromatic nitrogens is 1. The zero-order valence-electron chi connectivity index (χ0n) is 11.9. The summed E-state index contributed by atoms with van der Waals surface area (Å²) < 4.78 is 1.08. The molecule has 0 radical (unpaired) electrons. The minimum absolute atomic E-state index is 0.279. The van der Waals surface area contributed by atoms with Gasteiger partial charge in [-0.3, -0.25) is 10.1 Å². The van der Waals surface area contributed by atoms with Crippen molar-refractivity contribution in [1.82, 2.24) is 4.98 Å². The number of carbonyl (C=O) groups excluding carboxylic acids is 1. The summed E-state index contributed by atoms with van der Waals surface area (Å²) in [7, 11) is 0. The molecular formula is C16H12Cl2N2OS. The van der Waals surface area contributed by atoms with Gasteiger partial charge >= 0.3 is 0 Å². The number of anilines is 1. The molecule has 1 aromatic heterocycles. The third-order valence-electron chi connectivity index (χ3n) is 3.29. The molecule has 3 aromatic rings. The Morgan fingerprint density at radius 3 is 2.36 bits per heavy atom. The van der Waals surface area contributed by atoms with Gasteiger partial charge in [-0.2, -0.15) is 0 Å². The normalized spacial score (nSPS) is 10.9. The highest BCUT2D eigenvalue weighted by molar-refractivity contribution is 7.22. The van der Waals surface area contributed by atoms with Gasteiger partial charge in [0.15, 0.2) is 5.13 Å². The van der Waals surface area contributed by atoms with Crippen molar-refractivity contribution < 1.29 is 4.79 Å². The number of thiazole rings is 1. The number of halogens is 2. The number of fused-ring (bicyclic) bond motifs is 1. The van der Waals surface area contributed by atoms with E-state index in [1.807, 2.05) is 19.9 Å². The summed E-state index contributed by atoms with van der Waals surface area (Å²) in [5.41, 5.74) is 3.56. The van der Waals surface area contributed by atoms with Gasteiger partial charge in [0.05, 0.1) is 10.2 Å². The average Bonchev–Trinajstić information content (AvgIpc) is 2.87. The fraction of sp³-hybridized carbons (Fsp3) is 0.125. The Morgan fingerprint density at radius 2 is 1.73 bits per heavy atom. The Morgan fingerprint density at radius 1 is 1.09 bits per heavy atom. The molecule has 3 rings (SSSR count). The summed E-state index contributed by atoms with van der Waals surface area (Å²) >= 11 is 13.3. The van der Waals surface area contributed by atoms with Crippen LogP contribution >= 0.6 is 34.5 Å². The molecule has 2 aromatic carbocycles. The van der Waals surface area contributed by atoms with Crippen molar-refractivity contribution in [3.8, 4) is 0 Å². The van der Waals surface area contributed by atoms with Crippen LogP contribution in [0.25, 0.3) is 10.2 Å². The second-order valence-corrected chi connectivity index (χ2v) is 6.88. The first-order valence-corrected chi connectivity index (χ1v) is 8.15. The maximum atomic E-state index is 12.3. The number of nitrogens with one attached hydrogen (secondary N) is 1. The molecule has 0 saturated carbocycles. The molecule has 0 atom stereocenters. The number of hydrogen-bond acceptors (Lipinski definition) is 3. The fourth-order valence-corrected chi connectivity index (χ4v) is 3.70. The van der Waals surface area contributed by atoms with Gasteiger partial charge in [-0.05, 0) is 43.2 Å². The Hall–Kier alpha value is -1.62. The zero-order valence-corrected chi connectivity index (χ0v) is 14.2. The summed E-state index contributed by atoms with van der Waals surface area (Å²) in [5.74, 6) is -0.279. The van der Waals surface area contributed by atoms with Crippen LogP contribution in [0, 0.1) is 13.8 Å². The molecule has 0 saturated heterocycles. The van der Waals surface area contributed by atoms with E-state index >= 15 is 0 Å². The first-order valence-electron chi connectivity index (χ1n) is 6.58. The second kappa shape index (κ2) is 5.88. The number of aryl methyl sites for hydroxylation is 2. The monoisotopic (exact) mass is 350 g/mol. The van der Waals surface area contributed by atoms with Gasteiger partial charge in [0.25, 0.3) is 5.91 Å². The number of rotatable bonds is 2. The van der Waals surface area contributed by atoms with Crippen molar-refractivity contribution in [2.75, 3.05) is 5.32 Å². The molecule has 3 nitrogen and oxygen atoms in total. The summed E-state index contributed by atoms with van der Waals surface area (Å²) in [6, 6.07) is 8.82. The van der Waals surface area contributed by atoms with Crippen molar-refractivity contribution >= 4 is 55.8 Å². The van der Waals surface area contributed by atoms with Gasteiger partial charge in [0, 0.05) is 15.6 Å². The minimum atomic E-state index is -0.279. The Labute approximate surface area is 141 Å². The first-order chi connectivity index (χ1) is 10.4. The predicted molar refractivity (Wildman–Crippen MR) is 93.5 cm³/mol. The molecule has 0 bridgehead atoms. The fourth-order valence-electron chi connectivity index (χ4n) is 2.17. The van der Waals surface area contributed by atoms with E-state index in [0.717, 1.165) is 21.3 Å². The molecule has 6 heteroatoms. The van der Waals surface area contributed by atoms with Crippen LogP contribution in [0.15, 0.2) is 30.3 Å². The largest absolute Gasteiger partial charge is 0.298 e. The lowest BCUT2D eigenvalue weighted by Gasteiger charge is -2.03. The summed E-state index contributed by atoms with van der Waals surface area (Å²) in [6.07, 6.45) is 0. The van der Waals surface area contributed by atoms with Crippen molar-refractivity contribution in [2.24, 2.45) is 0 Å². The lowest BCUT2D eigenvalue weighted by molar-refractivity contribution is 0.102. The van der Waals surface area contributed by atoms with Crippen molar-refractivity contribution in [3.63, 3.8) is 0 Å². The summed E-state index contributed by atoms with van der Waals surface area (Å²) in [4.78, 5) is 16.8. The SMILES string of the molecule is Cc1ccc(C)c2sc(NC(=O)c3cc(Cl)cc(Cl)c3)nc12. The number of amides is 1. The molecular weight excluding hydrogens is 339 g/mol. The van der Waals surface area contributed by atoms with Gasteiger partial charge in [-0.1, -0.05) is 46.7 Å². The van der Waals surface area contributed by atoms with Crippen LogP contribution in [0.4, 0.5) is 5.13 Å². The first kappa shape index (κ1) is 15.3. The molecule has 0 aliphatic carbocycles. The van der Waals surface area contributed by atoms with Gasteiger partial charge in [0.1, 0.15) is 0 Å². The van der Waals surface area contributed by atoms with E-state index in [1.165, 1.54) is 11.3 Å². The Balaban J connectivity index is 1.94. The minimum Gasteiger partial charge on any atom is -0.298 e. The Bertz CT molecular complexity index is 830. The highest BCUT2D eigenvalue weighted by Crippen LogP contribution is 2.31. The third kappa shape index (κ3) is 2.95. The van der Waals surface area contributed by atoms with Crippen molar-refractivity contribution in [1.29, 1.82) is 0 Å². The van der Waals surface area contributed by atoms with E-state index in [2.05, 4.69) is 16.4 Å². The highest BCUT2D eigenvalue weighted by Gasteiger charge is 2.13. The van der Waals surface area contributed by atoms with E-state index in [0.29, 0.717) is 20.7 Å². The van der Waals surface area contributed by atoms with Crippen LogP contribution < -0.4 is 5.32 Å². The van der Waals surface area contributed by atoms with Crippen LogP contribution in [0.1, 0.15) is 21.5 Å². The lowest BCUT2D eigenvalue weighted by atomic mass is 10.1. The second-order valence-electron chi connectivity index (χ2n) is 5.01. The van der Waals surface area contributed by atoms with Crippen molar-refractivity contribution in [2.45, 2.75) is 13.8 Å². The zero-order chi connectivity index (χ0) is 15.9. The molecule has 0 aliphatic rings. The molecule has 0 unspecified atom stereocenters. The van der Waals surface area contributed by atoms with Crippen LogP contribution in [0.3, 0.4) is 0 Å². The maximum absolute atomic E-state index is 12.3. The van der Waals surface area contributed by atoms with Gasteiger partial charge in [0.2, 0.25) is 0 Å². The molecule has 112 valence electrons. The van der Waals surface area contributed by atoms with E-state index in [9.17, 15) is 4.79 Å². The number of carbonyl (C=O) groups is 1. The van der Waals surface area contributed by atoms with Crippen LogP contribution in [0.5, 0.6) is 0 Å². The summed E-state index contributed by atoms with van der Waals surface area (Å²) in [6.45, 7) is 4.03. The maximum Gasteiger partial charge on any atom is 0.257 e. The van der Waals surface area contributed by atoms with Crippen molar-refractivity contribution in [3.05, 3.63) is 57.1 Å². The molecule has 0 spiro atoms. The van der Waals surface area contributed by atoms with Gasteiger partial charge in [-0.25, -0.2) is 4.98 Å². The van der Waals surface area contributed by atoms with Gasteiger partial charge in [-0.15, -0.1) is 0 Å². The smallest absolute Gasteiger partial charge is 0.257 e. The Kier molecular flexibility index (Phi) is 4.08. The lowest BCUT2D eigenvalue weighted by Crippen LogP contribution is -2.11. The summed E-state index contributed by atoms with van der Waals surface area (Å²) in [5, 5.41) is 4.22. The quantitative estimate of drug-likeness (QED) is 0.665. The predicted octanol–water partition coefficient (Wildman–Crippen LogP) is 5.47. The molecule has 1 N–H and O–H groups in total. The van der Waals surface area contributed by atoms with E-state index < -0.39 is 0 Å². The third-order valence-corrected chi connectivity index (χ3v) is 4.83. The number of benzene rings is 2. The van der Waals surface area contributed by atoms with Crippen LogP contribution in [-0.4, -0.2) is 10.9 Å². The number of hydrogen-bond donors (Lipinski definition) is 1. The van der Waals surface area contributed by atoms with E-state index in [4.69, 9.17) is 23.2 Å². The van der Waals surface area contributed by atoms with E-state index in [-0.39, 0.29) is 5.91 Å². The molecule has 0 aliphatic heterocycles. The molecule has 1 amide bonds. The van der Waals surface area contributed by atoms with Crippen LogP contribution in [0.2, 0.25) is 10.0 Å². The molecule has 0 fully saturated rings. The highest BCUT2D eigenvalue weighted by atomic mass is 35.5. The average molecular weight is 351 g/mol. The molecule has 22 heavy (non-hydrogen) atoms. The van der Waals surface area contributed by atoms with Crippen LogP contribution in [-0.2, 0) is 0 Å². The standard InChI is InChI=1S/C16H12Cl2N2OS/c1-8-3-4-9(2)14-13(8)19-16(22-14)20-15(21)10-5-11(17)7-12(18)6-10/h3-7H,1-2H3,(H,19,20,21). The molecule has 1 heterocycles.